The number of hydrogen-bond donors (Lipinski definition) is 2. The molecule has 98 valence electrons. The van der Waals surface area contributed by atoms with Gasteiger partial charge in [0, 0.05) is 30.9 Å². The topological polar surface area (TPSA) is 76.2 Å². The minimum Gasteiger partial charge on any atom is -0.454 e. The van der Waals surface area contributed by atoms with E-state index in [0.29, 0.717) is 30.0 Å². The molecule has 1 amide bonds. The first-order valence-corrected chi connectivity index (χ1v) is 5.99. The monoisotopic (exact) mass is 259 g/mol. The molecule has 2 aromatic rings. The highest BCUT2D eigenvalue weighted by Crippen LogP contribution is 2.32. The van der Waals surface area contributed by atoms with Gasteiger partial charge in [-0.3, -0.25) is 4.79 Å². The Balaban J connectivity index is 1.58. The molecule has 3 rings (SSSR count). The molecule has 0 fully saturated rings. The van der Waals surface area contributed by atoms with Crippen molar-refractivity contribution in [3.63, 3.8) is 0 Å². The summed E-state index contributed by atoms with van der Waals surface area (Å²) in [5, 5.41) is 2.83. The predicted octanol–water partition coefficient (Wildman–Crippen LogP) is 1.11. The van der Waals surface area contributed by atoms with Crippen molar-refractivity contribution in [3.8, 4) is 11.5 Å². The molecule has 19 heavy (non-hydrogen) atoms. The molecule has 1 aromatic heterocycles. The van der Waals surface area contributed by atoms with Crippen LogP contribution in [0.25, 0.3) is 0 Å². The summed E-state index contributed by atoms with van der Waals surface area (Å²) >= 11 is 0. The van der Waals surface area contributed by atoms with E-state index in [2.05, 4.69) is 15.3 Å². The Kier molecular flexibility index (Phi) is 3.06. The number of aromatic amines is 1. The Morgan fingerprint density at radius 3 is 3.11 bits per heavy atom. The molecule has 0 bridgehead atoms. The number of benzene rings is 1. The number of rotatable bonds is 4. The van der Waals surface area contributed by atoms with Crippen LogP contribution in [0.3, 0.4) is 0 Å². The Morgan fingerprint density at radius 2 is 2.26 bits per heavy atom. The van der Waals surface area contributed by atoms with Crippen LogP contribution in [-0.2, 0) is 6.42 Å². The first-order valence-electron chi connectivity index (χ1n) is 5.99. The first kappa shape index (κ1) is 11.6. The van der Waals surface area contributed by atoms with Gasteiger partial charge >= 0.3 is 0 Å². The molecule has 1 aromatic carbocycles. The van der Waals surface area contributed by atoms with E-state index in [1.165, 1.54) is 0 Å². The van der Waals surface area contributed by atoms with Crippen LogP contribution in [0.1, 0.15) is 16.2 Å². The highest BCUT2D eigenvalue weighted by Gasteiger charge is 2.15. The number of nitrogens with zero attached hydrogens (tertiary/aromatic N) is 1. The zero-order valence-electron chi connectivity index (χ0n) is 10.2. The molecule has 2 N–H and O–H groups in total. The molecular weight excluding hydrogens is 246 g/mol. The highest BCUT2D eigenvalue weighted by molar-refractivity contribution is 5.94. The molecule has 0 atom stereocenters. The largest absolute Gasteiger partial charge is 0.454 e. The van der Waals surface area contributed by atoms with Crippen LogP contribution in [0.4, 0.5) is 0 Å². The van der Waals surface area contributed by atoms with E-state index in [1.54, 1.807) is 30.6 Å². The number of aromatic nitrogens is 2. The van der Waals surface area contributed by atoms with Gasteiger partial charge in [-0.25, -0.2) is 4.98 Å². The fourth-order valence-electron chi connectivity index (χ4n) is 1.87. The molecular formula is C13H13N3O3. The third-order valence-corrected chi connectivity index (χ3v) is 2.84. The average molecular weight is 259 g/mol. The van der Waals surface area contributed by atoms with E-state index in [-0.39, 0.29) is 12.7 Å². The van der Waals surface area contributed by atoms with E-state index >= 15 is 0 Å². The van der Waals surface area contributed by atoms with Gasteiger partial charge in [-0.1, -0.05) is 0 Å². The van der Waals surface area contributed by atoms with Crippen molar-refractivity contribution in [2.75, 3.05) is 13.3 Å². The van der Waals surface area contributed by atoms with Gasteiger partial charge in [0.05, 0.1) is 0 Å². The lowest BCUT2D eigenvalue weighted by molar-refractivity contribution is 0.0953. The number of amides is 1. The number of ether oxygens (including phenoxy) is 2. The van der Waals surface area contributed by atoms with Crippen molar-refractivity contribution < 1.29 is 14.3 Å². The maximum Gasteiger partial charge on any atom is 0.251 e. The Bertz CT molecular complexity index is 581. The number of fused-ring (bicyclic) bond motifs is 1. The summed E-state index contributed by atoms with van der Waals surface area (Å²) in [5.41, 5.74) is 0.559. The van der Waals surface area contributed by atoms with Gasteiger partial charge < -0.3 is 19.8 Å². The Morgan fingerprint density at radius 1 is 1.37 bits per heavy atom. The van der Waals surface area contributed by atoms with Crippen LogP contribution in [0.5, 0.6) is 11.5 Å². The third-order valence-electron chi connectivity index (χ3n) is 2.84. The van der Waals surface area contributed by atoms with Crippen LogP contribution < -0.4 is 14.8 Å². The third kappa shape index (κ3) is 2.52. The quantitative estimate of drug-likeness (QED) is 0.862. The van der Waals surface area contributed by atoms with E-state index in [4.69, 9.17) is 9.47 Å². The SMILES string of the molecule is O=C(NCCc1ncc[nH]1)c1ccc2c(c1)OCO2. The summed E-state index contributed by atoms with van der Waals surface area (Å²) in [5.74, 6) is 2.00. The maximum atomic E-state index is 11.9. The summed E-state index contributed by atoms with van der Waals surface area (Å²) in [6.07, 6.45) is 4.12. The standard InChI is InChI=1S/C13H13N3O3/c17-13(16-4-3-12-14-5-6-15-12)9-1-2-10-11(7-9)19-8-18-10/h1-2,5-7H,3-4,8H2,(H,14,15)(H,16,17). The molecule has 0 radical (unpaired) electrons. The average Bonchev–Trinajstić information content (AvgIpc) is 3.08. The summed E-state index contributed by atoms with van der Waals surface area (Å²) in [7, 11) is 0. The van der Waals surface area contributed by atoms with Crippen molar-refractivity contribution in [2.24, 2.45) is 0 Å². The van der Waals surface area contributed by atoms with Gasteiger partial charge in [0.1, 0.15) is 5.82 Å². The van der Waals surface area contributed by atoms with Gasteiger partial charge in [-0.2, -0.15) is 0 Å². The number of nitrogens with one attached hydrogen (secondary N) is 2. The summed E-state index contributed by atoms with van der Waals surface area (Å²) in [6.45, 7) is 0.736. The normalized spacial score (nSPS) is 12.4. The second-order valence-corrected chi connectivity index (χ2v) is 4.11. The maximum absolute atomic E-state index is 11.9. The van der Waals surface area contributed by atoms with Gasteiger partial charge in [-0.05, 0) is 18.2 Å². The van der Waals surface area contributed by atoms with E-state index in [9.17, 15) is 4.79 Å². The molecule has 0 unspecified atom stereocenters. The van der Waals surface area contributed by atoms with E-state index < -0.39 is 0 Å². The second kappa shape index (κ2) is 5.01. The van der Waals surface area contributed by atoms with Crippen molar-refractivity contribution >= 4 is 5.91 Å². The smallest absolute Gasteiger partial charge is 0.251 e. The van der Waals surface area contributed by atoms with Gasteiger partial charge in [0.25, 0.3) is 5.91 Å². The molecule has 0 saturated heterocycles. The zero-order valence-corrected chi connectivity index (χ0v) is 10.2. The second-order valence-electron chi connectivity index (χ2n) is 4.11. The van der Waals surface area contributed by atoms with Crippen molar-refractivity contribution in [3.05, 3.63) is 42.0 Å². The molecule has 0 saturated carbocycles. The fraction of sp³-hybridized carbons (Fsp3) is 0.231. The lowest BCUT2D eigenvalue weighted by Crippen LogP contribution is -2.25. The highest BCUT2D eigenvalue weighted by atomic mass is 16.7. The molecule has 1 aliphatic rings. The van der Waals surface area contributed by atoms with Crippen LogP contribution in [0, 0.1) is 0 Å². The summed E-state index contributed by atoms with van der Waals surface area (Å²) < 4.78 is 10.4. The van der Waals surface area contributed by atoms with Gasteiger partial charge in [0.2, 0.25) is 6.79 Å². The van der Waals surface area contributed by atoms with Crippen molar-refractivity contribution in [1.29, 1.82) is 0 Å². The number of imidazole rings is 1. The van der Waals surface area contributed by atoms with Gasteiger partial charge in [-0.15, -0.1) is 0 Å². The summed E-state index contributed by atoms with van der Waals surface area (Å²) in [6, 6.07) is 5.14. The molecule has 1 aliphatic heterocycles. The summed E-state index contributed by atoms with van der Waals surface area (Å²) in [4.78, 5) is 19.0. The Hall–Kier alpha value is -2.50. The van der Waals surface area contributed by atoms with Crippen molar-refractivity contribution in [1.82, 2.24) is 15.3 Å². The molecule has 0 spiro atoms. The molecule has 6 heteroatoms. The van der Waals surface area contributed by atoms with Crippen LogP contribution in [0.15, 0.2) is 30.6 Å². The minimum atomic E-state index is -0.134. The van der Waals surface area contributed by atoms with Gasteiger partial charge in [0.15, 0.2) is 11.5 Å². The molecule has 2 heterocycles. The van der Waals surface area contributed by atoms with Crippen LogP contribution in [-0.4, -0.2) is 29.2 Å². The molecule has 6 nitrogen and oxygen atoms in total. The van der Waals surface area contributed by atoms with E-state index in [1.807, 2.05) is 0 Å². The molecule has 0 aliphatic carbocycles. The van der Waals surface area contributed by atoms with Crippen molar-refractivity contribution in [2.45, 2.75) is 6.42 Å². The minimum absolute atomic E-state index is 0.134. The number of hydrogen-bond acceptors (Lipinski definition) is 4. The zero-order chi connectivity index (χ0) is 13.1. The first-order chi connectivity index (χ1) is 9.33. The lowest BCUT2D eigenvalue weighted by Gasteiger charge is -2.05. The lowest BCUT2D eigenvalue weighted by atomic mass is 10.2. The number of carbonyl (C=O) groups excluding carboxylic acids is 1. The van der Waals surface area contributed by atoms with Crippen LogP contribution in [0.2, 0.25) is 0 Å². The number of H-pyrrole nitrogens is 1. The van der Waals surface area contributed by atoms with E-state index in [0.717, 1.165) is 5.82 Å². The fourth-order valence-corrected chi connectivity index (χ4v) is 1.87. The number of carbonyl (C=O) groups is 1. The predicted molar refractivity (Wildman–Crippen MR) is 67.2 cm³/mol. The Labute approximate surface area is 109 Å². The van der Waals surface area contributed by atoms with Crippen LogP contribution >= 0.6 is 0 Å².